The number of hydrogen-bond donors (Lipinski definition) is 0. The number of carbonyl (C=O) groups is 3. The van der Waals surface area contributed by atoms with Gasteiger partial charge < -0.3 is 14.5 Å². The number of alkyl halides is 3. The molecule has 2 saturated heterocycles. The fourth-order valence-corrected chi connectivity index (χ4v) is 4.16. The molecule has 2 heterocycles. The van der Waals surface area contributed by atoms with Crippen LogP contribution in [0.4, 0.5) is 18.0 Å². The molecule has 2 fully saturated rings. The zero-order valence-electron chi connectivity index (χ0n) is 19.2. The summed E-state index contributed by atoms with van der Waals surface area (Å²) >= 11 is 0. The molecule has 10 heteroatoms. The van der Waals surface area contributed by atoms with E-state index in [9.17, 15) is 27.6 Å². The number of piperazine rings is 1. The highest BCUT2D eigenvalue weighted by Crippen LogP contribution is 2.32. The molecule has 3 rings (SSSR count). The lowest BCUT2D eigenvalue weighted by Crippen LogP contribution is -2.58. The fraction of sp³-hybridized carbons (Fsp3) is 0.609. The number of amides is 3. The first-order valence-electron chi connectivity index (χ1n) is 11.1. The number of piperidine rings is 1. The second kappa shape index (κ2) is 9.61. The predicted octanol–water partition coefficient (Wildman–Crippen LogP) is 3.78. The van der Waals surface area contributed by atoms with Crippen LogP contribution < -0.4 is 0 Å². The number of hydrogen-bond acceptors (Lipinski definition) is 4. The summed E-state index contributed by atoms with van der Waals surface area (Å²) in [6.07, 6.45) is -3.04. The number of rotatable bonds is 2. The van der Waals surface area contributed by atoms with E-state index in [0.29, 0.717) is 13.0 Å². The second-order valence-corrected chi connectivity index (χ2v) is 9.35. The summed E-state index contributed by atoms with van der Waals surface area (Å²) in [4.78, 5) is 43.0. The van der Waals surface area contributed by atoms with Crippen LogP contribution in [0.3, 0.4) is 0 Å². The Balaban J connectivity index is 1.65. The first kappa shape index (κ1) is 24.9. The SMILES string of the molecule is CC(C)(C)OC(=O)N1CCCCC1C(=O)N1CCN(C(=O)c2ccccc2C(F)(F)F)CC1. The number of carbonyl (C=O) groups excluding carboxylic acids is 3. The van der Waals surface area contributed by atoms with E-state index in [1.807, 2.05) is 0 Å². The highest BCUT2D eigenvalue weighted by atomic mass is 19.4. The lowest BCUT2D eigenvalue weighted by Gasteiger charge is -2.41. The van der Waals surface area contributed by atoms with Crippen molar-refractivity contribution in [2.24, 2.45) is 0 Å². The zero-order valence-corrected chi connectivity index (χ0v) is 19.2. The summed E-state index contributed by atoms with van der Waals surface area (Å²) in [6.45, 7) is 6.34. The molecule has 1 aromatic carbocycles. The molecule has 0 spiro atoms. The van der Waals surface area contributed by atoms with Crippen LogP contribution in [0.25, 0.3) is 0 Å². The molecule has 0 aliphatic carbocycles. The van der Waals surface area contributed by atoms with Gasteiger partial charge in [0.05, 0.1) is 11.1 Å². The van der Waals surface area contributed by atoms with E-state index in [0.717, 1.165) is 18.9 Å². The average Bonchev–Trinajstić information content (AvgIpc) is 2.76. The quantitative estimate of drug-likeness (QED) is 0.661. The lowest BCUT2D eigenvalue weighted by atomic mass is 10.0. The van der Waals surface area contributed by atoms with Crippen LogP contribution in [0.5, 0.6) is 0 Å². The molecule has 0 saturated carbocycles. The van der Waals surface area contributed by atoms with E-state index in [1.165, 1.54) is 28.0 Å². The Morgan fingerprint density at radius 1 is 0.909 bits per heavy atom. The van der Waals surface area contributed by atoms with Gasteiger partial charge in [-0.2, -0.15) is 13.2 Å². The third-order valence-electron chi connectivity index (χ3n) is 5.76. The summed E-state index contributed by atoms with van der Waals surface area (Å²) in [5, 5.41) is 0. The fourth-order valence-electron chi connectivity index (χ4n) is 4.16. The maximum absolute atomic E-state index is 13.3. The van der Waals surface area contributed by atoms with Crippen molar-refractivity contribution in [3.8, 4) is 0 Å². The zero-order chi connectivity index (χ0) is 24.4. The van der Waals surface area contributed by atoms with Crippen molar-refractivity contribution in [2.45, 2.75) is 57.9 Å². The van der Waals surface area contributed by atoms with Gasteiger partial charge in [0.2, 0.25) is 5.91 Å². The van der Waals surface area contributed by atoms with E-state index < -0.39 is 40.9 Å². The first-order valence-corrected chi connectivity index (χ1v) is 11.1. The topological polar surface area (TPSA) is 70.2 Å². The smallest absolute Gasteiger partial charge is 0.417 e. The van der Waals surface area contributed by atoms with Gasteiger partial charge in [0, 0.05) is 32.7 Å². The molecule has 2 aliphatic heterocycles. The first-order chi connectivity index (χ1) is 15.4. The van der Waals surface area contributed by atoms with Crippen molar-refractivity contribution < 1.29 is 32.3 Å². The molecule has 2 aliphatic rings. The third kappa shape index (κ3) is 5.97. The number of benzene rings is 1. The lowest BCUT2D eigenvalue weighted by molar-refractivity contribution is -0.139. The van der Waals surface area contributed by atoms with Gasteiger partial charge in [-0.1, -0.05) is 12.1 Å². The van der Waals surface area contributed by atoms with Crippen LogP contribution >= 0.6 is 0 Å². The normalized spacial score (nSPS) is 19.9. The Hall–Kier alpha value is -2.78. The van der Waals surface area contributed by atoms with Gasteiger partial charge in [0.15, 0.2) is 0 Å². The molecule has 33 heavy (non-hydrogen) atoms. The molecule has 1 aromatic rings. The Kier molecular flexibility index (Phi) is 7.23. The Labute approximate surface area is 191 Å². The van der Waals surface area contributed by atoms with Crippen molar-refractivity contribution in [3.63, 3.8) is 0 Å². The monoisotopic (exact) mass is 469 g/mol. The van der Waals surface area contributed by atoms with Crippen molar-refractivity contribution in [2.75, 3.05) is 32.7 Å². The molecular weight excluding hydrogens is 439 g/mol. The van der Waals surface area contributed by atoms with Gasteiger partial charge in [-0.3, -0.25) is 14.5 Å². The van der Waals surface area contributed by atoms with Crippen LogP contribution in [-0.4, -0.2) is 77.0 Å². The van der Waals surface area contributed by atoms with E-state index in [2.05, 4.69) is 0 Å². The van der Waals surface area contributed by atoms with Gasteiger partial charge >= 0.3 is 12.3 Å². The largest absolute Gasteiger partial charge is 0.444 e. The van der Waals surface area contributed by atoms with Gasteiger partial charge in [0.1, 0.15) is 11.6 Å². The van der Waals surface area contributed by atoms with Crippen molar-refractivity contribution in [1.82, 2.24) is 14.7 Å². The molecular formula is C23H30F3N3O4. The summed E-state index contributed by atoms with van der Waals surface area (Å²) in [5.74, 6) is -0.925. The molecule has 182 valence electrons. The van der Waals surface area contributed by atoms with Gasteiger partial charge in [-0.25, -0.2) is 4.79 Å². The van der Waals surface area contributed by atoms with Crippen molar-refractivity contribution in [1.29, 1.82) is 0 Å². The molecule has 7 nitrogen and oxygen atoms in total. The minimum atomic E-state index is -4.63. The van der Waals surface area contributed by atoms with Crippen molar-refractivity contribution >= 4 is 17.9 Å². The Bertz CT molecular complexity index is 890. The number of ether oxygens (including phenoxy) is 1. The highest BCUT2D eigenvalue weighted by Gasteiger charge is 2.39. The Morgan fingerprint density at radius 2 is 1.52 bits per heavy atom. The number of nitrogens with zero attached hydrogens (tertiary/aromatic N) is 3. The summed E-state index contributed by atoms with van der Waals surface area (Å²) < 4.78 is 45.3. The molecule has 0 aromatic heterocycles. The molecule has 0 N–H and O–H groups in total. The number of halogens is 3. The van der Waals surface area contributed by atoms with Crippen LogP contribution in [0.1, 0.15) is 56.0 Å². The van der Waals surface area contributed by atoms with Crippen LogP contribution in [0.15, 0.2) is 24.3 Å². The number of likely N-dealkylation sites (tertiary alicyclic amines) is 1. The van der Waals surface area contributed by atoms with Gasteiger partial charge in [-0.05, 0) is 52.2 Å². The molecule has 1 atom stereocenters. The van der Waals surface area contributed by atoms with E-state index >= 15 is 0 Å². The maximum atomic E-state index is 13.3. The average molecular weight is 470 g/mol. The second-order valence-electron chi connectivity index (χ2n) is 9.35. The molecule has 3 amide bonds. The highest BCUT2D eigenvalue weighted by molar-refractivity contribution is 5.96. The van der Waals surface area contributed by atoms with Gasteiger partial charge in [0.25, 0.3) is 5.91 Å². The summed E-state index contributed by atoms with van der Waals surface area (Å²) in [7, 11) is 0. The van der Waals surface area contributed by atoms with Crippen LogP contribution in [-0.2, 0) is 15.7 Å². The van der Waals surface area contributed by atoms with E-state index in [4.69, 9.17) is 4.74 Å². The van der Waals surface area contributed by atoms with E-state index in [-0.39, 0.29) is 32.1 Å². The Morgan fingerprint density at radius 3 is 2.12 bits per heavy atom. The van der Waals surface area contributed by atoms with Crippen LogP contribution in [0, 0.1) is 0 Å². The van der Waals surface area contributed by atoms with Gasteiger partial charge in [-0.15, -0.1) is 0 Å². The third-order valence-corrected chi connectivity index (χ3v) is 5.76. The standard InChI is InChI=1S/C23H30F3N3O4/c1-22(2,3)33-21(32)29-11-7-6-10-18(29)20(31)28-14-12-27(13-15-28)19(30)16-8-4-5-9-17(16)23(24,25)26/h4-5,8-9,18H,6-7,10-15H2,1-3H3. The predicted molar refractivity (Wildman–Crippen MR) is 115 cm³/mol. The minimum Gasteiger partial charge on any atom is -0.444 e. The van der Waals surface area contributed by atoms with Crippen LogP contribution in [0.2, 0.25) is 0 Å². The summed E-state index contributed by atoms with van der Waals surface area (Å²) in [6, 6.07) is 4.07. The maximum Gasteiger partial charge on any atom is 0.417 e. The molecule has 0 bridgehead atoms. The van der Waals surface area contributed by atoms with E-state index in [1.54, 1.807) is 25.7 Å². The summed E-state index contributed by atoms with van der Waals surface area (Å²) in [5.41, 5.74) is -2.04. The molecule has 0 radical (unpaired) electrons. The molecule has 1 unspecified atom stereocenters. The van der Waals surface area contributed by atoms with Crippen molar-refractivity contribution in [3.05, 3.63) is 35.4 Å². The minimum absolute atomic E-state index is 0.121.